The standard InChI is InChI=1S/C29H36ClN9O3S2/c1-18-20(40)15-29(26(18)31)7-13-38(14-8-29)23-16-35-24(17-34-23)43-21-3-9-32-27(25(21)30)36-22-4-10-33-28(37-22)39-11-5-19(6-12-39)44(2,41)42/h3-4,9-10,16-19,26H,5-8,11-15,31H2,1-2H3,(H,32,33,36,37)/t18-,26+/m1/s1. The molecule has 3 N–H and O–H groups in total. The Morgan fingerprint density at radius 3 is 2.39 bits per heavy atom. The normalized spacial score (nSPS) is 22.5. The van der Waals surface area contributed by atoms with E-state index in [0.29, 0.717) is 60.0 Å². The summed E-state index contributed by atoms with van der Waals surface area (Å²) in [6, 6.07) is 3.48. The lowest BCUT2D eigenvalue weighted by Crippen LogP contribution is -2.48. The molecule has 1 saturated carbocycles. The molecule has 6 rings (SSSR count). The number of hydrogen-bond acceptors (Lipinski definition) is 13. The lowest BCUT2D eigenvalue weighted by molar-refractivity contribution is -0.120. The lowest BCUT2D eigenvalue weighted by atomic mass is 9.73. The summed E-state index contributed by atoms with van der Waals surface area (Å²) in [4.78, 5) is 40.0. The van der Waals surface area contributed by atoms with E-state index in [-0.39, 0.29) is 28.4 Å². The van der Waals surface area contributed by atoms with Crippen molar-refractivity contribution in [1.29, 1.82) is 0 Å². The molecule has 0 bridgehead atoms. The smallest absolute Gasteiger partial charge is 0.227 e. The van der Waals surface area contributed by atoms with Gasteiger partial charge in [0.1, 0.15) is 32.3 Å². The van der Waals surface area contributed by atoms with E-state index in [9.17, 15) is 13.2 Å². The molecule has 0 aromatic carbocycles. The minimum Gasteiger partial charge on any atom is -0.355 e. The molecule has 3 fully saturated rings. The summed E-state index contributed by atoms with van der Waals surface area (Å²) in [5.74, 6) is 2.52. The maximum Gasteiger partial charge on any atom is 0.227 e. The number of nitrogens with one attached hydrogen (secondary N) is 1. The summed E-state index contributed by atoms with van der Waals surface area (Å²) in [5.41, 5.74) is 6.37. The monoisotopic (exact) mass is 657 g/mol. The Morgan fingerprint density at radius 2 is 1.75 bits per heavy atom. The second kappa shape index (κ2) is 12.4. The molecule has 5 heterocycles. The van der Waals surface area contributed by atoms with Gasteiger partial charge in [0, 0.05) is 68.1 Å². The first-order valence-corrected chi connectivity index (χ1v) is 17.9. The molecule has 44 heavy (non-hydrogen) atoms. The van der Waals surface area contributed by atoms with Crippen molar-refractivity contribution in [1.82, 2.24) is 24.9 Å². The van der Waals surface area contributed by atoms with Gasteiger partial charge in [0.25, 0.3) is 0 Å². The number of anilines is 4. The number of carbonyl (C=O) groups is 1. The first kappa shape index (κ1) is 30.9. The number of hydrogen-bond donors (Lipinski definition) is 2. The Bertz CT molecular complexity index is 1630. The van der Waals surface area contributed by atoms with E-state index >= 15 is 0 Å². The number of nitrogens with zero attached hydrogens (tertiary/aromatic N) is 7. The first-order chi connectivity index (χ1) is 21.0. The van der Waals surface area contributed by atoms with Crippen molar-refractivity contribution in [3.63, 3.8) is 0 Å². The zero-order valence-corrected chi connectivity index (χ0v) is 27.1. The van der Waals surface area contributed by atoms with Gasteiger partial charge in [-0.1, -0.05) is 30.3 Å². The molecule has 12 nitrogen and oxygen atoms in total. The van der Waals surface area contributed by atoms with Gasteiger partial charge in [-0.15, -0.1) is 0 Å². The van der Waals surface area contributed by atoms with E-state index in [1.807, 2.05) is 17.9 Å². The fourth-order valence-corrected chi connectivity index (χ4v) is 8.55. The van der Waals surface area contributed by atoms with Gasteiger partial charge in [0.05, 0.1) is 22.7 Å². The van der Waals surface area contributed by atoms with Gasteiger partial charge in [-0.2, -0.15) is 4.98 Å². The second-order valence-electron chi connectivity index (χ2n) is 12.0. The molecular weight excluding hydrogens is 622 g/mol. The van der Waals surface area contributed by atoms with Crippen LogP contribution in [0.2, 0.25) is 5.02 Å². The summed E-state index contributed by atoms with van der Waals surface area (Å²) < 4.78 is 23.8. The zero-order valence-electron chi connectivity index (χ0n) is 24.7. The fraction of sp³-hybridized carbons (Fsp3) is 0.517. The van der Waals surface area contributed by atoms with Crippen LogP contribution >= 0.6 is 23.4 Å². The number of aromatic nitrogens is 5. The number of piperidine rings is 2. The van der Waals surface area contributed by atoms with Crippen LogP contribution in [0.3, 0.4) is 0 Å². The van der Waals surface area contributed by atoms with Gasteiger partial charge >= 0.3 is 0 Å². The maximum absolute atomic E-state index is 12.3. The lowest BCUT2D eigenvalue weighted by Gasteiger charge is -2.42. The van der Waals surface area contributed by atoms with Crippen LogP contribution in [-0.4, -0.2) is 82.8 Å². The SMILES string of the molecule is C[C@@H]1C(=O)CC2(CCN(c3cnc(Sc4ccnc(Nc5ccnc(N6CCC(S(C)(=O)=O)CC6)n5)c4Cl)cn3)CC2)[C@H]1N. The molecule has 15 heteroatoms. The number of nitrogens with two attached hydrogens (primary N) is 1. The summed E-state index contributed by atoms with van der Waals surface area (Å²) in [5, 5.41) is 3.99. The van der Waals surface area contributed by atoms with Crippen LogP contribution in [0.5, 0.6) is 0 Å². The summed E-state index contributed by atoms with van der Waals surface area (Å²) in [7, 11) is -3.06. The van der Waals surface area contributed by atoms with Crippen molar-refractivity contribution in [2.45, 2.75) is 60.2 Å². The molecule has 1 aliphatic carbocycles. The number of Topliss-reactive ketones (excluding diaryl/α,β-unsaturated/α-hetero) is 1. The van der Waals surface area contributed by atoms with Crippen molar-refractivity contribution in [3.05, 3.63) is 41.9 Å². The van der Waals surface area contributed by atoms with Crippen LogP contribution < -0.4 is 20.9 Å². The maximum atomic E-state index is 12.3. The van der Waals surface area contributed by atoms with Crippen LogP contribution in [0.1, 0.15) is 39.0 Å². The van der Waals surface area contributed by atoms with Gasteiger partial charge in [-0.05, 0) is 43.2 Å². The average molecular weight is 658 g/mol. The predicted octanol–water partition coefficient (Wildman–Crippen LogP) is 3.75. The molecule has 3 aromatic rings. The third kappa shape index (κ3) is 6.35. The quantitative estimate of drug-likeness (QED) is 0.378. The van der Waals surface area contributed by atoms with Crippen LogP contribution in [0.4, 0.5) is 23.4 Å². The van der Waals surface area contributed by atoms with Gasteiger partial charge < -0.3 is 20.9 Å². The summed E-state index contributed by atoms with van der Waals surface area (Å²) >= 11 is 8.14. The molecule has 2 saturated heterocycles. The summed E-state index contributed by atoms with van der Waals surface area (Å²) in [6.07, 6.45) is 11.6. The highest BCUT2D eigenvalue weighted by Gasteiger charge is 2.50. The van der Waals surface area contributed by atoms with Crippen molar-refractivity contribution >= 4 is 62.4 Å². The van der Waals surface area contributed by atoms with Crippen molar-refractivity contribution in [2.75, 3.05) is 47.6 Å². The van der Waals surface area contributed by atoms with Gasteiger partial charge in [0.15, 0.2) is 5.82 Å². The Labute approximate surface area is 266 Å². The fourth-order valence-electron chi connectivity index (χ4n) is 6.45. The third-order valence-corrected chi connectivity index (χ3v) is 12.4. The predicted molar refractivity (Wildman–Crippen MR) is 171 cm³/mol. The van der Waals surface area contributed by atoms with E-state index in [2.05, 4.69) is 35.1 Å². The number of pyridine rings is 1. The molecule has 234 valence electrons. The van der Waals surface area contributed by atoms with Gasteiger partial charge in [-0.3, -0.25) is 4.79 Å². The number of halogens is 1. The Kier molecular flexibility index (Phi) is 8.70. The third-order valence-electron chi connectivity index (χ3n) is 9.27. The number of carbonyl (C=O) groups excluding carboxylic acids is 1. The molecule has 2 aliphatic heterocycles. The second-order valence-corrected chi connectivity index (χ2v) is 15.7. The summed E-state index contributed by atoms with van der Waals surface area (Å²) in [6.45, 7) is 4.68. The number of sulfone groups is 1. The molecule has 3 aliphatic rings. The van der Waals surface area contributed by atoms with Gasteiger partial charge in [-0.25, -0.2) is 28.4 Å². The largest absolute Gasteiger partial charge is 0.355 e. The van der Waals surface area contributed by atoms with Crippen molar-refractivity contribution < 1.29 is 13.2 Å². The Hall–Kier alpha value is -3.07. The average Bonchev–Trinajstić information content (AvgIpc) is 3.22. The highest BCUT2D eigenvalue weighted by Crippen LogP contribution is 2.46. The van der Waals surface area contributed by atoms with E-state index in [1.165, 1.54) is 18.0 Å². The van der Waals surface area contributed by atoms with Crippen LogP contribution in [0, 0.1) is 11.3 Å². The first-order valence-electron chi connectivity index (χ1n) is 14.7. The van der Waals surface area contributed by atoms with Crippen molar-refractivity contribution in [3.8, 4) is 0 Å². The molecule has 0 amide bonds. The molecule has 3 aromatic heterocycles. The van der Waals surface area contributed by atoms with E-state index in [0.717, 1.165) is 36.6 Å². The Balaban J connectivity index is 1.08. The minimum absolute atomic E-state index is 0.0647. The molecule has 0 unspecified atom stereocenters. The Morgan fingerprint density at radius 1 is 1.02 bits per heavy atom. The van der Waals surface area contributed by atoms with E-state index in [1.54, 1.807) is 30.9 Å². The molecule has 0 radical (unpaired) electrons. The zero-order chi connectivity index (χ0) is 31.1. The molecule has 1 spiro atoms. The number of ketones is 1. The highest BCUT2D eigenvalue weighted by molar-refractivity contribution is 7.99. The highest BCUT2D eigenvalue weighted by atomic mass is 35.5. The topological polar surface area (TPSA) is 160 Å². The van der Waals surface area contributed by atoms with E-state index < -0.39 is 9.84 Å². The van der Waals surface area contributed by atoms with E-state index in [4.69, 9.17) is 17.3 Å². The van der Waals surface area contributed by atoms with Gasteiger partial charge in [0.2, 0.25) is 5.95 Å². The minimum atomic E-state index is -3.06. The molecular formula is C29H36ClN9O3S2. The van der Waals surface area contributed by atoms with Crippen LogP contribution in [0.15, 0.2) is 46.8 Å². The molecule has 2 atom stereocenters. The van der Waals surface area contributed by atoms with Crippen LogP contribution in [-0.2, 0) is 14.6 Å². The number of rotatable bonds is 7. The van der Waals surface area contributed by atoms with Crippen molar-refractivity contribution in [2.24, 2.45) is 17.1 Å². The van der Waals surface area contributed by atoms with Crippen LogP contribution in [0.25, 0.3) is 0 Å².